The highest BCUT2D eigenvalue weighted by Crippen LogP contribution is 2.28. The van der Waals surface area contributed by atoms with Gasteiger partial charge in [-0.1, -0.05) is 48.5 Å². The Hall–Kier alpha value is -2.88. The van der Waals surface area contributed by atoms with Gasteiger partial charge in [-0.2, -0.15) is 0 Å². The number of primary amides is 1. The monoisotopic (exact) mass is 321 g/mol. The molecule has 4 heteroatoms. The molecule has 0 saturated heterocycles. The Morgan fingerprint density at radius 1 is 1.00 bits per heavy atom. The molecular formula is C20H19NO3. The molecule has 0 aromatic heterocycles. The number of ether oxygens (including phenoxy) is 1. The van der Waals surface area contributed by atoms with Crippen molar-refractivity contribution in [3.8, 4) is 0 Å². The molecule has 1 aliphatic rings. The van der Waals surface area contributed by atoms with Crippen LogP contribution in [0.25, 0.3) is 5.57 Å². The number of carbonyl (C=O) groups is 2. The number of hydrogen-bond donors (Lipinski definition) is 1. The zero-order chi connectivity index (χ0) is 16.9. The van der Waals surface area contributed by atoms with Crippen molar-refractivity contribution in [2.45, 2.75) is 25.4 Å². The van der Waals surface area contributed by atoms with Crippen molar-refractivity contribution in [3.05, 3.63) is 77.4 Å². The SMILES string of the molecule is NC(=O)C(OC(=O)c1ccc(C2=CCCC2)cc1)c1ccccc1. The van der Waals surface area contributed by atoms with E-state index in [1.165, 1.54) is 12.0 Å². The highest BCUT2D eigenvalue weighted by molar-refractivity contribution is 5.92. The minimum absolute atomic E-state index is 0.402. The maximum atomic E-state index is 12.3. The minimum Gasteiger partial charge on any atom is -0.444 e. The van der Waals surface area contributed by atoms with Crippen molar-refractivity contribution in [2.75, 3.05) is 0 Å². The topological polar surface area (TPSA) is 69.4 Å². The Bertz CT molecular complexity index is 763. The van der Waals surface area contributed by atoms with E-state index >= 15 is 0 Å². The molecule has 2 aromatic carbocycles. The number of allylic oxidation sites excluding steroid dienone is 2. The number of nitrogens with two attached hydrogens (primary N) is 1. The van der Waals surface area contributed by atoms with Gasteiger partial charge in [0.15, 0.2) is 0 Å². The summed E-state index contributed by atoms with van der Waals surface area (Å²) in [6.07, 6.45) is 4.50. The molecule has 4 nitrogen and oxygen atoms in total. The Labute approximate surface area is 140 Å². The molecule has 24 heavy (non-hydrogen) atoms. The Morgan fingerprint density at radius 2 is 1.71 bits per heavy atom. The Kier molecular flexibility index (Phi) is 4.75. The Morgan fingerprint density at radius 3 is 2.29 bits per heavy atom. The molecule has 1 atom stereocenters. The van der Waals surface area contributed by atoms with Crippen LogP contribution in [0, 0.1) is 0 Å². The van der Waals surface area contributed by atoms with Crippen LogP contribution in [0.1, 0.15) is 46.9 Å². The van der Waals surface area contributed by atoms with Gasteiger partial charge in [0.05, 0.1) is 5.56 Å². The third-order valence-corrected chi connectivity index (χ3v) is 4.12. The number of hydrogen-bond acceptors (Lipinski definition) is 3. The van der Waals surface area contributed by atoms with Gasteiger partial charge in [-0.25, -0.2) is 4.79 Å². The van der Waals surface area contributed by atoms with Gasteiger partial charge >= 0.3 is 5.97 Å². The van der Waals surface area contributed by atoms with Gasteiger partial charge in [-0.3, -0.25) is 4.79 Å². The lowest BCUT2D eigenvalue weighted by Gasteiger charge is -2.15. The predicted octanol–water partition coefficient (Wildman–Crippen LogP) is 3.64. The molecule has 0 bridgehead atoms. The molecule has 1 aliphatic carbocycles. The average molecular weight is 321 g/mol. The summed E-state index contributed by atoms with van der Waals surface area (Å²) >= 11 is 0. The standard InChI is InChI=1S/C20H19NO3/c21-19(22)18(16-8-2-1-3-9-16)24-20(23)17-12-10-15(11-13-17)14-6-4-5-7-14/h1-3,6,8-13,18H,4-5,7H2,(H2,21,22). The normalized spacial score (nSPS) is 14.8. The smallest absolute Gasteiger partial charge is 0.339 e. The van der Waals surface area contributed by atoms with Gasteiger partial charge in [0.2, 0.25) is 6.10 Å². The summed E-state index contributed by atoms with van der Waals surface area (Å²) in [4.78, 5) is 24.0. The third-order valence-electron chi connectivity index (χ3n) is 4.12. The number of amides is 1. The van der Waals surface area contributed by atoms with Crippen LogP contribution in [0.5, 0.6) is 0 Å². The van der Waals surface area contributed by atoms with Crippen molar-refractivity contribution in [2.24, 2.45) is 5.73 Å². The van der Waals surface area contributed by atoms with Crippen LogP contribution >= 0.6 is 0 Å². The molecule has 0 radical (unpaired) electrons. The fourth-order valence-corrected chi connectivity index (χ4v) is 2.85. The molecule has 0 spiro atoms. The van der Waals surface area contributed by atoms with Gasteiger partial charge in [0, 0.05) is 5.56 Å². The van der Waals surface area contributed by atoms with Gasteiger partial charge in [0.25, 0.3) is 5.91 Å². The van der Waals surface area contributed by atoms with Crippen LogP contribution in [0.4, 0.5) is 0 Å². The van der Waals surface area contributed by atoms with Gasteiger partial charge in [-0.15, -0.1) is 0 Å². The van der Waals surface area contributed by atoms with Crippen molar-refractivity contribution < 1.29 is 14.3 Å². The largest absolute Gasteiger partial charge is 0.444 e. The molecule has 0 saturated carbocycles. The van der Waals surface area contributed by atoms with Gasteiger partial charge < -0.3 is 10.5 Å². The van der Waals surface area contributed by atoms with E-state index in [9.17, 15) is 9.59 Å². The Balaban J connectivity index is 1.74. The van der Waals surface area contributed by atoms with E-state index in [1.54, 1.807) is 36.4 Å². The first-order valence-electron chi connectivity index (χ1n) is 8.00. The molecule has 2 aromatic rings. The molecule has 0 fully saturated rings. The van der Waals surface area contributed by atoms with E-state index in [2.05, 4.69) is 6.08 Å². The summed E-state index contributed by atoms with van der Waals surface area (Å²) in [5.74, 6) is -1.25. The van der Waals surface area contributed by atoms with Crippen molar-refractivity contribution >= 4 is 17.4 Å². The summed E-state index contributed by atoms with van der Waals surface area (Å²) in [5, 5.41) is 0. The quantitative estimate of drug-likeness (QED) is 0.855. The molecule has 3 rings (SSSR count). The maximum absolute atomic E-state index is 12.3. The second kappa shape index (κ2) is 7.13. The van der Waals surface area contributed by atoms with Crippen LogP contribution < -0.4 is 5.73 Å². The van der Waals surface area contributed by atoms with Crippen LogP contribution in [0.15, 0.2) is 60.7 Å². The molecular weight excluding hydrogens is 302 g/mol. The van der Waals surface area contributed by atoms with Gasteiger partial charge in [-0.05, 0) is 42.5 Å². The summed E-state index contributed by atoms with van der Waals surface area (Å²) in [7, 11) is 0. The van der Waals surface area contributed by atoms with Crippen molar-refractivity contribution in [1.29, 1.82) is 0 Å². The van der Waals surface area contributed by atoms with E-state index in [0.29, 0.717) is 11.1 Å². The summed E-state index contributed by atoms with van der Waals surface area (Å²) < 4.78 is 5.32. The fourth-order valence-electron chi connectivity index (χ4n) is 2.85. The lowest BCUT2D eigenvalue weighted by molar-refractivity contribution is -0.127. The highest BCUT2D eigenvalue weighted by atomic mass is 16.5. The van der Waals surface area contributed by atoms with E-state index in [0.717, 1.165) is 18.4 Å². The van der Waals surface area contributed by atoms with E-state index < -0.39 is 18.0 Å². The highest BCUT2D eigenvalue weighted by Gasteiger charge is 2.23. The molecule has 122 valence electrons. The minimum atomic E-state index is -1.09. The first-order chi connectivity index (χ1) is 11.6. The molecule has 0 heterocycles. The number of esters is 1. The van der Waals surface area contributed by atoms with Gasteiger partial charge in [0.1, 0.15) is 0 Å². The fraction of sp³-hybridized carbons (Fsp3) is 0.200. The van der Waals surface area contributed by atoms with Crippen LogP contribution in [-0.2, 0) is 9.53 Å². The van der Waals surface area contributed by atoms with E-state index in [1.807, 2.05) is 18.2 Å². The van der Waals surface area contributed by atoms with E-state index in [4.69, 9.17) is 10.5 Å². The number of carbonyl (C=O) groups excluding carboxylic acids is 2. The van der Waals surface area contributed by atoms with Crippen molar-refractivity contribution in [1.82, 2.24) is 0 Å². The number of rotatable bonds is 5. The lowest BCUT2D eigenvalue weighted by Crippen LogP contribution is -2.26. The first-order valence-corrected chi connectivity index (χ1v) is 8.00. The summed E-state index contributed by atoms with van der Waals surface area (Å²) in [6, 6.07) is 16.0. The van der Waals surface area contributed by atoms with Crippen LogP contribution in [0.3, 0.4) is 0 Å². The lowest BCUT2D eigenvalue weighted by atomic mass is 10.0. The first kappa shape index (κ1) is 16.0. The summed E-state index contributed by atoms with van der Waals surface area (Å²) in [6.45, 7) is 0. The molecule has 0 aliphatic heterocycles. The molecule has 1 amide bonds. The number of benzene rings is 2. The van der Waals surface area contributed by atoms with E-state index in [-0.39, 0.29) is 0 Å². The molecule has 2 N–H and O–H groups in total. The zero-order valence-corrected chi connectivity index (χ0v) is 13.3. The predicted molar refractivity (Wildman–Crippen MR) is 92.1 cm³/mol. The van der Waals surface area contributed by atoms with Crippen LogP contribution in [0.2, 0.25) is 0 Å². The second-order valence-electron chi connectivity index (χ2n) is 5.80. The third kappa shape index (κ3) is 3.54. The van der Waals surface area contributed by atoms with Crippen LogP contribution in [-0.4, -0.2) is 11.9 Å². The summed E-state index contributed by atoms with van der Waals surface area (Å²) in [5.41, 5.74) is 8.78. The zero-order valence-electron chi connectivity index (χ0n) is 13.3. The average Bonchev–Trinajstić information content (AvgIpc) is 3.15. The van der Waals surface area contributed by atoms with Crippen molar-refractivity contribution in [3.63, 3.8) is 0 Å². The molecule has 1 unspecified atom stereocenters. The maximum Gasteiger partial charge on any atom is 0.339 e. The second-order valence-corrected chi connectivity index (χ2v) is 5.80.